The molecule has 0 bridgehead atoms. The maximum Gasteiger partial charge on any atom is 0.433 e. The minimum Gasteiger partial charge on any atom is -0.384 e. The van der Waals surface area contributed by atoms with Gasteiger partial charge in [-0.1, -0.05) is 6.92 Å². The molecule has 2 aromatic rings. The molecule has 2 N–H and O–H groups in total. The third kappa shape index (κ3) is 3.89. The van der Waals surface area contributed by atoms with Crippen molar-refractivity contribution in [3.8, 4) is 0 Å². The van der Waals surface area contributed by atoms with Gasteiger partial charge >= 0.3 is 6.18 Å². The van der Waals surface area contributed by atoms with Crippen LogP contribution in [0, 0.1) is 0 Å². The second-order valence-corrected chi connectivity index (χ2v) is 5.63. The number of nitrogens with two attached hydrogens (primary N) is 1. The first kappa shape index (κ1) is 17.2. The average Bonchev–Trinajstić information content (AvgIpc) is 2.60. The molecule has 1 saturated heterocycles. The van der Waals surface area contributed by atoms with E-state index in [9.17, 15) is 13.2 Å². The summed E-state index contributed by atoms with van der Waals surface area (Å²) in [7, 11) is 0. The SMILES string of the molecule is CCc1nc(N)cc(N2CCN(c3nccc(C(F)(F)F)n3)CC2)n1. The number of alkyl halides is 3. The van der Waals surface area contributed by atoms with Crippen molar-refractivity contribution < 1.29 is 13.2 Å². The van der Waals surface area contributed by atoms with Crippen molar-refractivity contribution in [2.45, 2.75) is 19.5 Å². The molecule has 1 fully saturated rings. The van der Waals surface area contributed by atoms with Gasteiger partial charge in [-0.25, -0.2) is 19.9 Å². The quantitative estimate of drug-likeness (QED) is 0.900. The smallest absolute Gasteiger partial charge is 0.384 e. The first-order chi connectivity index (χ1) is 11.9. The summed E-state index contributed by atoms with van der Waals surface area (Å²) < 4.78 is 38.4. The summed E-state index contributed by atoms with van der Waals surface area (Å²) in [5.74, 6) is 1.89. The van der Waals surface area contributed by atoms with Crippen LogP contribution in [0.3, 0.4) is 0 Å². The molecule has 0 unspecified atom stereocenters. The van der Waals surface area contributed by atoms with Gasteiger partial charge in [0.15, 0.2) is 0 Å². The van der Waals surface area contributed by atoms with Crippen LogP contribution in [-0.4, -0.2) is 46.1 Å². The standard InChI is InChI=1S/C15H18F3N7/c1-2-12-22-11(19)9-13(23-12)24-5-7-25(8-6-24)14-20-4-3-10(21-14)15(16,17)18/h3-4,9H,2,5-8H2,1H3,(H2,19,22,23). The van der Waals surface area contributed by atoms with Crippen LogP contribution in [-0.2, 0) is 12.6 Å². The van der Waals surface area contributed by atoms with Gasteiger partial charge in [0, 0.05) is 44.9 Å². The summed E-state index contributed by atoms with van der Waals surface area (Å²) in [5.41, 5.74) is 4.87. The van der Waals surface area contributed by atoms with E-state index in [-0.39, 0.29) is 5.95 Å². The number of nitrogens with zero attached hydrogens (tertiary/aromatic N) is 6. The minimum atomic E-state index is -4.48. The van der Waals surface area contributed by atoms with E-state index in [1.807, 2.05) is 11.8 Å². The number of piperazine rings is 1. The number of aromatic nitrogens is 4. The lowest BCUT2D eigenvalue weighted by Crippen LogP contribution is -2.47. The van der Waals surface area contributed by atoms with E-state index >= 15 is 0 Å². The molecule has 134 valence electrons. The molecule has 0 amide bonds. The van der Waals surface area contributed by atoms with Crippen LogP contribution in [0.4, 0.5) is 30.8 Å². The molecule has 1 aliphatic heterocycles. The van der Waals surface area contributed by atoms with Crippen molar-refractivity contribution in [2.75, 3.05) is 41.7 Å². The molecule has 0 atom stereocenters. The van der Waals surface area contributed by atoms with Crippen LogP contribution in [0.1, 0.15) is 18.4 Å². The molecule has 0 radical (unpaired) electrons. The third-order valence-electron chi connectivity index (χ3n) is 3.91. The lowest BCUT2D eigenvalue weighted by Gasteiger charge is -2.35. The number of anilines is 3. The molecule has 3 rings (SSSR count). The fourth-order valence-electron chi connectivity index (χ4n) is 2.62. The highest BCUT2D eigenvalue weighted by Gasteiger charge is 2.33. The Balaban J connectivity index is 1.71. The fraction of sp³-hybridized carbons (Fsp3) is 0.467. The molecule has 7 nitrogen and oxygen atoms in total. The van der Waals surface area contributed by atoms with Gasteiger partial charge in [0.25, 0.3) is 0 Å². The molecule has 2 aromatic heterocycles. The zero-order valence-electron chi connectivity index (χ0n) is 13.7. The Labute approximate surface area is 142 Å². The number of nitrogen functional groups attached to an aromatic ring is 1. The van der Waals surface area contributed by atoms with Gasteiger partial charge in [-0.2, -0.15) is 13.2 Å². The van der Waals surface area contributed by atoms with Crippen molar-refractivity contribution in [1.29, 1.82) is 0 Å². The van der Waals surface area contributed by atoms with Crippen molar-refractivity contribution in [2.24, 2.45) is 0 Å². The van der Waals surface area contributed by atoms with E-state index in [1.165, 1.54) is 0 Å². The van der Waals surface area contributed by atoms with Crippen molar-refractivity contribution >= 4 is 17.6 Å². The number of hydrogen-bond acceptors (Lipinski definition) is 7. The van der Waals surface area contributed by atoms with Crippen LogP contribution in [0.2, 0.25) is 0 Å². The van der Waals surface area contributed by atoms with Crippen LogP contribution in [0.15, 0.2) is 18.3 Å². The Morgan fingerprint density at radius 3 is 2.40 bits per heavy atom. The summed E-state index contributed by atoms with van der Waals surface area (Å²) in [5, 5.41) is 0. The highest BCUT2D eigenvalue weighted by Crippen LogP contribution is 2.28. The Morgan fingerprint density at radius 2 is 1.76 bits per heavy atom. The number of hydrogen-bond donors (Lipinski definition) is 1. The number of aryl methyl sites for hydroxylation is 1. The molecule has 0 aliphatic carbocycles. The van der Waals surface area contributed by atoms with Crippen LogP contribution >= 0.6 is 0 Å². The highest BCUT2D eigenvalue weighted by molar-refractivity contribution is 5.48. The van der Waals surface area contributed by atoms with Crippen molar-refractivity contribution in [1.82, 2.24) is 19.9 Å². The van der Waals surface area contributed by atoms with E-state index in [0.29, 0.717) is 44.2 Å². The molecule has 0 saturated carbocycles. The minimum absolute atomic E-state index is 0.0888. The topological polar surface area (TPSA) is 84.1 Å². The van der Waals surface area contributed by atoms with Crippen molar-refractivity contribution in [3.05, 3.63) is 29.8 Å². The van der Waals surface area contributed by atoms with Gasteiger partial charge in [-0.3, -0.25) is 0 Å². The maximum absolute atomic E-state index is 12.8. The monoisotopic (exact) mass is 353 g/mol. The van der Waals surface area contributed by atoms with Gasteiger partial charge in [-0.15, -0.1) is 0 Å². The van der Waals surface area contributed by atoms with Crippen molar-refractivity contribution in [3.63, 3.8) is 0 Å². The van der Waals surface area contributed by atoms with E-state index in [1.54, 1.807) is 11.0 Å². The molecular formula is C15H18F3N7. The molecule has 25 heavy (non-hydrogen) atoms. The number of rotatable bonds is 3. The van der Waals surface area contributed by atoms with Gasteiger partial charge in [0.1, 0.15) is 23.2 Å². The van der Waals surface area contributed by atoms with Gasteiger partial charge < -0.3 is 15.5 Å². The Hall–Kier alpha value is -2.65. The molecule has 3 heterocycles. The summed E-state index contributed by atoms with van der Waals surface area (Å²) in [6.07, 6.45) is -2.67. The van der Waals surface area contributed by atoms with Gasteiger partial charge in [0.2, 0.25) is 5.95 Å². The van der Waals surface area contributed by atoms with E-state index in [4.69, 9.17) is 5.73 Å². The largest absolute Gasteiger partial charge is 0.433 e. The Bertz CT molecular complexity index is 742. The molecule has 1 aliphatic rings. The second kappa shape index (κ2) is 6.69. The normalized spacial score (nSPS) is 15.5. The Morgan fingerprint density at radius 1 is 1.08 bits per heavy atom. The van der Waals surface area contributed by atoms with Crippen LogP contribution in [0.5, 0.6) is 0 Å². The lowest BCUT2D eigenvalue weighted by molar-refractivity contribution is -0.141. The molecule has 0 spiro atoms. The third-order valence-corrected chi connectivity index (χ3v) is 3.91. The molecular weight excluding hydrogens is 335 g/mol. The zero-order chi connectivity index (χ0) is 18.0. The predicted octanol–water partition coefficient (Wildman–Crippen LogP) is 1.76. The first-order valence-electron chi connectivity index (χ1n) is 7.90. The summed E-state index contributed by atoms with van der Waals surface area (Å²) in [6, 6.07) is 2.57. The van der Waals surface area contributed by atoms with Crippen LogP contribution in [0.25, 0.3) is 0 Å². The summed E-state index contributed by atoms with van der Waals surface area (Å²) >= 11 is 0. The van der Waals surface area contributed by atoms with E-state index < -0.39 is 11.9 Å². The lowest BCUT2D eigenvalue weighted by atomic mass is 10.3. The number of halogens is 3. The maximum atomic E-state index is 12.8. The summed E-state index contributed by atoms with van der Waals surface area (Å²) in [4.78, 5) is 20.0. The predicted molar refractivity (Wildman–Crippen MR) is 87.3 cm³/mol. The Kier molecular flexibility index (Phi) is 4.60. The van der Waals surface area contributed by atoms with Gasteiger partial charge in [-0.05, 0) is 6.07 Å². The van der Waals surface area contributed by atoms with Crippen LogP contribution < -0.4 is 15.5 Å². The second-order valence-electron chi connectivity index (χ2n) is 5.63. The fourth-order valence-corrected chi connectivity index (χ4v) is 2.62. The summed E-state index contributed by atoms with van der Waals surface area (Å²) in [6.45, 7) is 4.10. The first-order valence-corrected chi connectivity index (χ1v) is 7.90. The zero-order valence-corrected chi connectivity index (χ0v) is 13.7. The molecule has 10 heteroatoms. The van der Waals surface area contributed by atoms with E-state index in [0.717, 1.165) is 18.1 Å². The molecule has 0 aromatic carbocycles. The average molecular weight is 353 g/mol. The van der Waals surface area contributed by atoms with Gasteiger partial charge in [0.05, 0.1) is 0 Å². The van der Waals surface area contributed by atoms with E-state index in [2.05, 4.69) is 19.9 Å². The highest BCUT2D eigenvalue weighted by atomic mass is 19.4.